The van der Waals surface area contributed by atoms with E-state index in [1.165, 1.54) is 5.57 Å². The average molecular weight is 515 g/mol. The number of hydrogen-bond acceptors (Lipinski definition) is 5. The molecule has 5 heteroatoms. The van der Waals surface area contributed by atoms with Crippen LogP contribution in [0.4, 0.5) is 0 Å². The first-order chi connectivity index (χ1) is 17.3. The van der Waals surface area contributed by atoms with Crippen molar-refractivity contribution in [2.75, 3.05) is 0 Å². The Morgan fingerprint density at radius 3 is 2.24 bits per heavy atom. The van der Waals surface area contributed by atoms with Gasteiger partial charge >= 0.3 is 11.9 Å². The first-order valence-corrected chi connectivity index (χ1v) is 14.4. The molecule has 3 rings (SSSR count). The van der Waals surface area contributed by atoms with Crippen LogP contribution in [0, 0.1) is 34.5 Å². The summed E-state index contributed by atoms with van der Waals surface area (Å²) in [6, 6.07) is 0. The lowest BCUT2D eigenvalue weighted by Crippen LogP contribution is -2.43. The average Bonchev–Trinajstić information content (AvgIpc) is 2.83. The second-order valence-corrected chi connectivity index (χ2v) is 13.0. The summed E-state index contributed by atoms with van der Waals surface area (Å²) in [7, 11) is 0. The summed E-state index contributed by atoms with van der Waals surface area (Å²) >= 11 is 0. The van der Waals surface area contributed by atoms with Crippen molar-refractivity contribution in [2.24, 2.45) is 34.5 Å². The monoisotopic (exact) mass is 514 g/mol. The molecule has 1 unspecified atom stereocenters. The topological polar surface area (TPSA) is 61.8 Å². The predicted molar refractivity (Wildman–Crippen MR) is 148 cm³/mol. The maximum atomic E-state index is 13.1. The fraction of sp³-hybridized carbons (Fsp3) is 0.750. The molecule has 0 aromatic rings. The highest BCUT2D eigenvalue weighted by Crippen LogP contribution is 2.46. The largest absolute Gasteiger partial charge is 0.495 e. The Labute approximate surface area is 225 Å². The van der Waals surface area contributed by atoms with Crippen LogP contribution >= 0.6 is 0 Å². The second kappa shape index (κ2) is 11.8. The predicted octanol–water partition coefficient (Wildman–Crippen LogP) is 7.56. The zero-order chi connectivity index (χ0) is 27.5. The molecule has 0 N–H and O–H groups in total. The third kappa shape index (κ3) is 7.09. The van der Waals surface area contributed by atoms with Crippen molar-refractivity contribution < 1.29 is 23.8 Å². The number of carbonyl (C=O) groups is 2. The molecule has 0 radical (unpaired) electrons. The molecule has 1 saturated heterocycles. The van der Waals surface area contributed by atoms with Crippen LogP contribution in [0.25, 0.3) is 0 Å². The zero-order valence-electron chi connectivity index (χ0n) is 24.5. The first kappa shape index (κ1) is 29.5. The van der Waals surface area contributed by atoms with E-state index in [0.717, 1.165) is 32.1 Å². The van der Waals surface area contributed by atoms with Crippen molar-refractivity contribution in [3.63, 3.8) is 0 Å². The van der Waals surface area contributed by atoms with E-state index >= 15 is 0 Å². The van der Waals surface area contributed by atoms with Crippen LogP contribution in [0.2, 0.25) is 0 Å². The van der Waals surface area contributed by atoms with E-state index in [0.29, 0.717) is 36.4 Å². The lowest BCUT2D eigenvalue weighted by Gasteiger charge is -2.44. The van der Waals surface area contributed by atoms with E-state index in [9.17, 15) is 9.59 Å². The minimum absolute atomic E-state index is 0.0307. The van der Waals surface area contributed by atoms with Gasteiger partial charge in [-0.1, -0.05) is 52.5 Å². The highest BCUT2D eigenvalue weighted by molar-refractivity contribution is 5.76. The van der Waals surface area contributed by atoms with Crippen LogP contribution in [-0.4, -0.2) is 30.3 Å². The van der Waals surface area contributed by atoms with Gasteiger partial charge in [-0.3, -0.25) is 9.59 Å². The van der Waals surface area contributed by atoms with E-state index in [1.807, 2.05) is 41.5 Å². The Kier molecular flexibility index (Phi) is 9.40. The molecule has 5 nitrogen and oxygen atoms in total. The minimum Gasteiger partial charge on any atom is -0.495 e. The summed E-state index contributed by atoms with van der Waals surface area (Å²) in [4.78, 5) is 25.7. The number of fused-ring (bicyclic) bond motifs is 1. The summed E-state index contributed by atoms with van der Waals surface area (Å²) in [6.07, 6.45) is 12.0. The van der Waals surface area contributed by atoms with Gasteiger partial charge in [0.15, 0.2) is 0 Å². The van der Waals surface area contributed by atoms with E-state index in [2.05, 4.69) is 38.7 Å². The van der Waals surface area contributed by atoms with Gasteiger partial charge in [0.1, 0.15) is 18.3 Å². The molecule has 0 aromatic carbocycles. The zero-order valence-corrected chi connectivity index (χ0v) is 24.5. The maximum absolute atomic E-state index is 13.1. The molecule has 7 atom stereocenters. The molecule has 3 aliphatic rings. The van der Waals surface area contributed by atoms with Gasteiger partial charge in [-0.05, 0) is 83.1 Å². The number of allylic oxidation sites excluding steroid dienone is 3. The Morgan fingerprint density at radius 1 is 1.00 bits per heavy atom. The molecular weight excluding hydrogens is 464 g/mol. The fourth-order valence-electron chi connectivity index (χ4n) is 5.73. The lowest BCUT2D eigenvalue weighted by atomic mass is 9.65. The molecule has 208 valence electrons. The highest BCUT2D eigenvalue weighted by atomic mass is 16.6. The van der Waals surface area contributed by atoms with Crippen molar-refractivity contribution in [3.8, 4) is 0 Å². The van der Waals surface area contributed by atoms with Crippen LogP contribution in [0.15, 0.2) is 36.1 Å². The summed E-state index contributed by atoms with van der Waals surface area (Å²) in [6.45, 7) is 20.4. The SMILES string of the molecule is C=C1C[C@@H](OC(=O)C(C)(C)CC)C[C@@H](CC[C@@H]2C3C(=C[C@H](C)C[C@@H]3OC(=O)C(C)(C)CC)C=C[C@@H]2C)O1. The van der Waals surface area contributed by atoms with Crippen molar-refractivity contribution >= 4 is 11.9 Å². The second-order valence-electron chi connectivity index (χ2n) is 13.0. The van der Waals surface area contributed by atoms with Gasteiger partial charge < -0.3 is 14.2 Å². The Morgan fingerprint density at radius 2 is 1.62 bits per heavy atom. The van der Waals surface area contributed by atoms with Crippen LogP contribution in [-0.2, 0) is 23.8 Å². The maximum Gasteiger partial charge on any atom is 0.311 e. The number of rotatable bonds is 9. The first-order valence-electron chi connectivity index (χ1n) is 14.4. The summed E-state index contributed by atoms with van der Waals surface area (Å²) in [5.41, 5.74) is 0.334. The third-order valence-corrected chi connectivity index (χ3v) is 9.14. The van der Waals surface area contributed by atoms with E-state index in [4.69, 9.17) is 14.2 Å². The molecule has 0 bridgehead atoms. The van der Waals surface area contributed by atoms with E-state index in [1.54, 1.807) is 0 Å². The van der Waals surface area contributed by atoms with Crippen molar-refractivity contribution in [1.29, 1.82) is 0 Å². The Bertz CT molecular complexity index is 910. The standard InChI is InChI=1S/C32H50O5/c1-10-31(6,7)29(33)36-25-18-22(5)35-24(19-25)14-15-26-21(4)12-13-23-16-20(3)17-27(28(23)26)37-30(34)32(8,9)11-2/h12-13,16,20-21,24-28H,5,10-11,14-15,17-19H2,1-4,6-9H3/t20-,21-,24+,25+,26-,27-,28?/m0/s1. The van der Waals surface area contributed by atoms with Crippen LogP contribution < -0.4 is 0 Å². The number of esters is 2. The Hall–Kier alpha value is -2.04. The number of hydrogen-bond donors (Lipinski definition) is 0. The van der Waals surface area contributed by atoms with Crippen molar-refractivity contribution in [1.82, 2.24) is 0 Å². The number of carbonyl (C=O) groups excluding carboxylic acids is 2. The summed E-state index contributed by atoms with van der Waals surface area (Å²) < 4.78 is 18.3. The third-order valence-electron chi connectivity index (χ3n) is 9.14. The minimum atomic E-state index is -0.487. The molecule has 1 heterocycles. The van der Waals surface area contributed by atoms with Crippen LogP contribution in [0.1, 0.15) is 100 Å². The molecule has 2 aliphatic carbocycles. The van der Waals surface area contributed by atoms with E-state index < -0.39 is 10.8 Å². The van der Waals surface area contributed by atoms with Gasteiger partial charge in [0.25, 0.3) is 0 Å². The molecule has 1 aliphatic heterocycles. The summed E-state index contributed by atoms with van der Waals surface area (Å²) in [5.74, 6) is 1.75. The van der Waals surface area contributed by atoms with Gasteiger partial charge in [0.05, 0.1) is 16.6 Å². The molecule has 37 heavy (non-hydrogen) atoms. The molecular formula is C32H50O5. The summed E-state index contributed by atoms with van der Waals surface area (Å²) in [5, 5.41) is 0. The van der Waals surface area contributed by atoms with Crippen LogP contribution in [0.3, 0.4) is 0 Å². The van der Waals surface area contributed by atoms with Gasteiger partial charge in [-0.2, -0.15) is 0 Å². The highest BCUT2D eigenvalue weighted by Gasteiger charge is 2.43. The molecule has 0 spiro atoms. The van der Waals surface area contributed by atoms with Gasteiger partial charge in [-0.25, -0.2) is 0 Å². The van der Waals surface area contributed by atoms with Crippen molar-refractivity contribution in [2.45, 2.75) is 119 Å². The van der Waals surface area contributed by atoms with E-state index in [-0.39, 0.29) is 36.2 Å². The normalized spacial score (nSPS) is 32.2. The fourth-order valence-corrected chi connectivity index (χ4v) is 5.73. The molecule has 1 fully saturated rings. The lowest BCUT2D eigenvalue weighted by molar-refractivity contribution is -0.166. The van der Waals surface area contributed by atoms with Gasteiger partial charge in [-0.15, -0.1) is 0 Å². The molecule has 0 aromatic heterocycles. The molecule has 0 saturated carbocycles. The van der Waals surface area contributed by atoms with Gasteiger partial charge in [0, 0.05) is 18.8 Å². The quantitative estimate of drug-likeness (QED) is 0.297. The molecule has 0 amide bonds. The number of ether oxygens (including phenoxy) is 3. The Balaban J connectivity index is 1.71. The van der Waals surface area contributed by atoms with Crippen LogP contribution in [0.5, 0.6) is 0 Å². The smallest absolute Gasteiger partial charge is 0.311 e. The van der Waals surface area contributed by atoms with Crippen molar-refractivity contribution in [3.05, 3.63) is 36.1 Å². The van der Waals surface area contributed by atoms with Gasteiger partial charge in [0.2, 0.25) is 0 Å².